The molecule has 5 heteroatoms. The minimum atomic E-state index is 0.930. The second-order valence-corrected chi connectivity index (χ2v) is 10.3. The van der Waals surface area contributed by atoms with E-state index in [9.17, 15) is 0 Å². The first-order valence-electron chi connectivity index (χ1n) is 13.7. The summed E-state index contributed by atoms with van der Waals surface area (Å²) >= 11 is 0. The Morgan fingerprint density at radius 3 is 2.10 bits per heavy atom. The molecule has 0 fully saturated rings. The lowest BCUT2D eigenvalue weighted by molar-refractivity contribution is 0.959. The fraction of sp³-hybridized carbons (Fsp3) is 0.0278. The number of fused-ring (bicyclic) bond motifs is 4. The fourth-order valence-corrected chi connectivity index (χ4v) is 5.87. The zero-order valence-electron chi connectivity index (χ0n) is 22.4. The predicted octanol–water partition coefficient (Wildman–Crippen LogP) is 8.46. The van der Waals surface area contributed by atoms with Crippen LogP contribution in [0.2, 0.25) is 0 Å². The number of hydrogen-bond donors (Lipinski definition) is 0. The molecular weight excluding hydrogens is 502 g/mol. The van der Waals surface area contributed by atoms with E-state index < -0.39 is 0 Å². The summed E-state index contributed by atoms with van der Waals surface area (Å²) in [5.74, 6) is 0.954. The van der Waals surface area contributed by atoms with E-state index in [1.807, 2.05) is 24.3 Å². The summed E-state index contributed by atoms with van der Waals surface area (Å²) in [6.07, 6.45) is 3.60. The number of hydrogen-bond acceptors (Lipinski definition) is 3. The summed E-state index contributed by atoms with van der Waals surface area (Å²) in [5, 5.41) is 2.44. The summed E-state index contributed by atoms with van der Waals surface area (Å²) in [5.41, 5.74) is 10.6. The molecule has 0 unspecified atom stereocenters. The van der Waals surface area contributed by atoms with E-state index in [1.54, 1.807) is 12.4 Å². The molecule has 0 spiro atoms. The lowest BCUT2D eigenvalue weighted by Gasteiger charge is -2.11. The summed E-state index contributed by atoms with van der Waals surface area (Å²) in [6.45, 7) is 0. The lowest BCUT2D eigenvalue weighted by atomic mass is 10.1. The highest BCUT2D eigenvalue weighted by Crippen LogP contribution is 2.36. The molecule has 194 valence electrons. The Bertz CT molecular complexity index is 2220. The van der Waals surface area contributed by atoms with Gasteiger partial charge in [-0.05, 0) is 60.7 Å². The van der Waals surface area contributed by atoms with Crippen molar-refractivity contribution in [3.63, 3.8) is 0 Å². The number of nitrogens with zero attached hydrogens (tertiary/aromatic N) is 5. The van der Waals surface area contributed by atoms with Gasteiger partial charge in [-0.25, -0.2) is 9.97 Å². The first-order valence-corrected chi connectivity index (χ1v) is 13.7. The van der Waals surface area contributed by atoms with E-state index in [0.29, 0.717) is 0 Å². The van der Waals surface area contributed by atoms with Gasteiger partial charge in [0.15, 0.2) is 0 Å². The van der Waals surface area contributed by atoms with E-state index in [2.05, 4.69) is 118 Å². The normalized spacial score (nSPS) is 11.5. The second-order valence-electron chi connectivity index (χ2n) is 10.3. The molecule has 0 N–H and O–H groups in total. The van der Waals surface area contributed by atoms with Crippen molar-refractivity contribution in [2.75, 3.05) is 0 Å². The van der Waals surface area contributed by atoms with Gasteiger partial charge in [-0.15, -0.1) is 0 Å². The Morgan fingerprint density at radius 1 is 0.512 bits per heavy atom. The number of benzene rings is 4. The van der Waals surface area contributed by atoms with Crippen LogP contribution in [0.1, 0.15) is 0 Å². The molecule has 0 saturated heterocycles. The van der Waals surface area contributed by atoms with Crippen molar-refractivity contribution >= 4 is 32.8 Å². The maximum atomic E-state index is 5.00. The van der Waals surface area contributed by atoms with Gasteiger partial charge >= 0.3 is 0 Å². The summed E-state index contributed by atoms with van der Waals surface area (Å²) in [4.78, 5) is 14.1. The Labute approximate surface area is 237 Å². The monoisotopic (exact) mass is 527 g/mol. The van der Waals surface area contributed by atoms with Crippen molar-refractivity contribution in [3.05, 3.63) is 134 Å². The summed E-state index contributed by atoms with van der Waals surface area (Å²) < 4.78 is 4.53. The van der Waals surface area contributed by atoms with Crippen LogP contribution < -0.4 is 0 Å². The van der Waals surface area contributed by atoms with Crippen LogP contribution in [0.4, 0.5) is 0 Å². The highest BCUT2D eigenvalue weighted by Gasteiger charge is 2.16. The number of para-hydroxylation sites is 3. The summed E-state index contributed by atoms with van der Waals surface area (Å²) in [7, 11) is 2.08. The quantitative estimate of drug-likeness (QED) is 0.231. The zero-order chi connectivity index (χ0) is 27.3. The van der Waals surface area contributed by atoms with Gasteiger partial charge in [0.25, 0.3) is 0 Å². The SMILES string of the molecule is Cn1c(-c2ccc3c4ccccc4n(-c4cccc(-c5cccc(-c6ccncc6)n5)c4)c3c2)nc2ccccc21. The highest BCUT2D eigenvalue weighted by atomic mass is 15.1. The molecular formula is C36H25N5. The number of imidazole rings is 1. The van der Waals surface area contributed by atoms with E-state index in [1.165, 1.54) is 16.3 Å². The van der Waals surface area contributed by atoms with Crippen LogP contribution in [-0.4, -0.2) is 24.1 Å². The lowest BCUT2D eigenvalue weighted by Crippen LogP contribution is -1.96. The Kier molecular flexibility index (Phi) is 5.28. The fourth-order valence-electron chi connectivity index (χ4n) is 5.87. The molecule has 0 bridgehead atoms. The number of aryl methyl sites for hydroxylation is 1. The Hall–Kier alpha value is -5.55. The summed E-state index contributed by atoms with van der Waals surface area (Å²) in [6, 6.07) is 42.4. The molecule has 41 heavy (non-hydrogen) atoms. The molecule has 8 aromatic rings. The van der Waals surface area contributed by atoms with Gasteiger partial charge in [0, 0.05) is 52.6 Å². The third-order valence-electron chi connectivity index (χ3n) is 7.84. The van der Waals surface area contributed by atoms with Crippen LogP contribution in [0.5, 0.6) is 0 Å². The van der Waals surface area contributed by atoms with Gasteiger partial charge in [0.1, 0.15) is 5.82 Å². The number of pyridine rings is 2. The van der Waals surface area contributed by atoms with Crippen molar-refractivity contribution in [3.8, 4) is 39.6 Å². The largest absolute Gasteiger partial charge is 0.327 e. The van der Waals surface area contributed by atoms with Crippen molar-refractivity contribution in [2.45, 2.75) is 0 Å². The standard InChI is InChI=1S/C36H25N5/c1-40-34-15-5-3-11-32(34)39-36(40)26-16-17-29-28-10-2-4-14-33(28)41(35(29)23-26)27-9-6-8-25(22-27)31-13-7-12-30(38-31)24-18-20-37-21-19-24/h2-23H,1H3. The molecule has 4 heterocycles. The van der Waals surface area contributed by atoms with Crippen LogP contribution in [0.25, 0.3) is 72.4 Å². The van der Waals surface area contributed by atoms with Crippen LogP contribution in [0.15, 0.2) is 134 Å². The van der Waals surface area contributed by atoms with Gasteiger partial charge in [0.05, 0.1) is 33.5 Å². The molecule has 5 nitrogen and oxygen atoms in total. The molecule has 0 radical (unpaired) electrons. The van der Waals surface area contributed by atoms with Gasteiger partial charge < -0.3 is 9.13 Å². The molecule has 4 aromatic carbocycles. The van der Waals surface area contributed by atoms with Crippen molar-refractivity contribution in [2.24, 2.45) is 7.05 Å². The maximum absolute atomic E-state index is 5.00. The molecule has 0 aliphatic rings. The van der Waals surface area contributed by atoms with Gasteiger partial charge in [-0.2, -0.15) is 0 Å². The van der Waals surface area contributed by atoms with E-state index >= 15 is 0 Å². The number of rotatable bonds is 4. The third kappa shape index (κ3) is 3.82. The molecule has 0 aliphatic heterocycles. The average Bonchev–Trinajstić information content (AvgIpc) is 3.56. The average molecular weight is 528 g/mol. The van der Waals surface area contributed by atoms with E-state index in [-0.39, 0.29) is 0 Å². The highest BCUT2D eigenvalue weighted by molar-refractivity contribution is 6.10. The first-order chi connectivity index (χ1) is 20.2. The molecule has 0 saturated carbocycles. The van der Waals surface area contributed by atoms with Crippen LogP contribution in [-0.2, 0) is 7.05 Å². The third-order valence-corrected chi connectivity index (χ3v) is 7.84. The topological polar surface area (TPSA) is 48.5 Å². The predicted molar refractivity (Wildman–Crippen MR) is 167 cm³/mol. The van der Waals surface area contributed by atoms with Gasteiger partial charge in [-0.1, -0.05) is 60.7 Å². The minimum Gasteiger partial charge on any atom is -0.327 e. The Morgan fingerprint density at radius 2 is 1.24 bits per heavy atom. The minimum absolute atomic E-state index is 0.930. The molecule has 0 atom stereocenters. The molecule has 4 aromatic heterocycles. The zero-order valence-corrected chi connectivity index (χ0v) is 22.4. The molecule has 0 aliphatic carbocycles. The van der Waals surface area contributed by atoms with Crippen LogP contribution in [0.3, 0.4) is 0 Å². The van der Waals surface area contributed by atoms with Crippen molar-refractivity contribution < 1.29 is 0 Å². The van der Waals surface area contributed by atoms with Crippen LogP contribution >= 0.6 is 0 Å². The molecule has 8 rings (SSSR count). The van der Waals surface area contributed by atoms with Gasteiger partial charge in [-0.3, -0.25) is 4.98 Å². The van der Waals surface area contributed by atoms with E-state index in [0.717, 1.165) is 56.1 Å². The maximum Gasteiger partial charge on any atom is 0.140 e. The van der Waals surface area contributed by atoms with Crippen molar-refractivity contribution in [1.29, 1.82) is 0 Å². The van der Waals surface area contributed by atoms with E-state index in [4.69, 9.17) is 9.97 Å². The first kappa shape index (κ1) is 23.3. The molecule has 0 amide bonds. The second kappa shape index (κ2) is 9.28. The van der Waals surface area contributed by atoms with Crippen molar-refractivity contribution in [1.82, 2.24) is 24.1 Å². The van der Waals surface area contributed by atoms with Crippen LogP contribution in [0, 0.1) is 0 Å². The number of aromatic nitrogens is 5. The van der Waals surface area contributed by atoms with Gasteiger partial charge in [0.2, 0.25) is 0 Å². The Balaban J connectivity index is 1.31. The smallest absolute Gasteiger partial charge is 0.140 e.